The Morgan fingerprint density at radius 3 is 2.60 bits per heavy atom. The number of nitrogens with zero attached hydrogens (tertiary/aromatic N) is 4. The van der Waals surface area contributed by atoms with Crippen LogP contribution in [0.4, 0.5) is 5.82 Å². The van der Waals surface area contributed by atoms with Gasteiger partial charge in [0.1, 0.15) is 17.3 Å². The Morgan fingerprint density at radius 2 is 1.88 bits per heavy atom. The van der Waals surface area contributed by atoms with Crippen LogP contribution in [0, 0.1) is 6.92 Å². The van der Waals surface area contributed by atoms with Crippen LogP contribution in [-0.4, -0.2) is 48.3 Å². The summed E-state index contributed by atoms with van der Waals surface area (Å²) in [5, 5.41) is 5.21. The number of rotatable bonds is 4. The van der Waals surface area contributed by atoms with Gasteiger partial charge < -0.3 is 14.2 Å². The highest BCUT2D eigenvalue weighted by molar-refractivity contribution is 5.81. The van der Waals surface area contributed by atoms with Gasteiger partial charge in [-0.15, -0.1) is 0 Å². The predicted molar refractivity (Wildman–Crippen MR) is 97.0 cm³/mol. The molecule has 0 radical (unpaired) electrons. The van der Waals surface area contributed by atoms with Gasteiger partial charge in [-0.1, -0.05) is 5.16 Å². The number of hydrogen-bond acceptors (Lipinski definition) is 6. The Balaban J connectivity index is 1.44. The lowest BCUT2D eigenvalue weighted by Crippen LogP contribution is -2.46. The molecule has 1 aromatic carbocycles. The Hall–Kier alpha value is -2.60. The van der Waals surface area contributed by atoms with Crippen molar-refractivity contribution in [3.8, 4) is 5.75 Å². The van der Waals surface area contributed by atoms with E-state index in [2.05, 4.69) is 27.1 Å². The molecule has 6 heteroatoms. The fourth-order valence-corrected chi connectivity index (χ4v) is 3.25. The van der Waals surface area contributed by atoms with E-state index in [9.17, 15) is 0 Å². The molecule has 6 nitrogen and oxygen atoms in total. The van der Waals surface area contributed by atoms with Crippen LogP contribution in [0.2, 0.25) is 0 Å². The molecule has 2 aromatic heterocycles. The fourth-order valence-electron chi connectivity index (χ4n) is 3.25. The Morgan fingerprint density at radius 1 is 1.08 bits per heavy atom. The summed E-state index contributed by atoms with van der Waals surface area (Å²) in [6.07, 6.45) is 0. The molecule has 0 spiro atoms. The predicted octanol–water partition coefficient (Wildman–Crippen LogP) is 2.86. The van der Waals surface area contributed by atoms with Gasteiger partial charge in [-0.3, -0.25) is 4.90 Å². The van der Waals surface area contributed by atoms with Crippen LogP contribution >= 0.6 is 0 Å². The zero-order valence-corrected chi connectivity index (χ0v) is 14.6. The minimum absolute atomic E-state index is 0.838. The van der Waals surface area contributed by atoms with Crippen LogP contribution in [0.25, 0.3) is 10.9 Å². The van der Waals surface area contributed by atoms with Crippen LogP contribution < -0.4 is 9.64 Å². The topological polar surface area (TPSA) is 54.6 Å². The summed E-state index contributed by atoms with van der Waals surface area (Å²) < 4.78 is 10.5. The zero-order chi connectivity index (χ0) is 17.2. The lowest BCUT2D eigenvalue weighted by Gasteiger charge is -2.35. The third kappa shape index (κ3) is 3.44. The molecule has 0 unspecified atom stereocenters. The number of anilines is 1. The molecule has 25 heavy (non-hydrogen) atoms. The summed E-state index contributed by atoms with van der Waals surface area (Å²) in [6, 6.07) is 12.2. The van der Waals surface area contributed by atoms with E-state index in [0.29, 0.717) is 0 Å². The molecule has 3 aromatic rings. The summed E-state index contributed by atoms with van der Waals surface area (Å²) in [7, 11) is 1.68. The van der Waals surface area contributed by atoms with Gasteiger partial charge in [-0.25, -0.2) is 4.98 Å². The number of aromatic nitrogens is 2. The first kappa shape index (κ1) is 15.9. The summed E-state index contributed by atoms with van der Waals surface area (Å²) in [5.74, 6) is 2.73. The van der Waals surface area contributed by atoms with Crippen LogP contribution in [0.3, 0.4) is 0 Å². The average molecular weight is 338 g/mol. The van der Waals surface area contributed by atoms with Gasteiger partial charge in [0, 0.05) is 50.2 Å². The van der Waals surface area contributed by atoms with Crippen molar-refractivity contribution in [1.29, 1.82) is 0 Å². The number of fused-ring (bicyclic) bond motifs is 1. The lowest BCUT2D eigenvalue weighted by atomic mass is 10.2. The Kier molecular flexibility index (Phi) is 4.28. The van der Waals surface area contributed by atoms with E-state index in [-0.39, 0.29) is 0 Å². The molecule has 4 rings (SSSR count). The maximum absolute atomic E-state index is 5.31. The molecule has 1 fully saturated rings. The van der Waals surface area contributed by atoms with Crippen molar-refractivity contribution < 1.29 is 9.26 Å². The standard InChI is InChI=1S/C19H22N4O2/c1-14-11-16(21-25-14)13-22-7-9-23(10-8-22)19-6-4-15-3-5-17(24-2)12-18(15)20-19/h3-6,11-12H,7-10,13H2,1-2H3. The summed E-state index contributed by atoms with van der Waals surface area (Å²) in [5.41, 5.74) is 1.97. The summed E-state index contributed by atoms with van der Waals surface area (Å²) in [4.78, 5) is 9.56. The SMILES string of the molecule is COc1ccc2ccc(N3CCN(Cc4cc(C)on4)CC3)nc2c1. The van der Waals surface area contributed by atoms with Crippen LogP contribution in [0.15, 0.2) is 40.9 Å². The molecule has 0 N–H and O–H groups in total. The smallest absolute Gasteiger partial charge is 0.133 e. The normalized spacial score (nSPS) is 15.7. The Labute approximate surface area is 147 Å². The highest BCUT2D eigenvalue weighted by Gasteiger charge is 2.19. The first-order valence-corrected chi connectivity index (χ1v) is 8.55. The molecule has 0 saturated carbocycles. The van der Waals surface area contributed by atoms with E-state index in [1.165, 1.54) is 0 Å². The molecule has 1 aliphatic rings. The zero-order valence-electron chi connectivity index (χ0n) is 14.6. The third-order valence-corrected chi connectivity index (χ3v) is 4.64. The van der Waals surface area contributed by atoms with Crippen molar-refractivity contribution in [2.45, 2.75) is 13.5 Å². The second-order valence-electron chi connectivity index (χ2n) is 6.42. The van der Waals surface area contributed by atoms with Gasteiger partial charge in [-0.05, 0) is 31.2 Å². The lowest BCUT2D eigenvalue weighted by molar-refractivity contribution is 0.241. The second-order valence-corrected chi connectivity index (χ2v) is 6.42. The van der Waals surface area contributed by atoms with Crippen LogP contribution in [-0.2, 0) is 6.54 Å². The number of methoxy groups -OCH3 is 1. The molecule has 0 atom stereocenters. The van der Waals surface area contributed by atoms with Gasteiger partial charge in [0.05, 0.1) is 18.3 Å². The first-order chi connectivity index (χ1) is 12.2. The quantitative estimate of drug-likeness (QED) is 0.729. The van der Waals surface area contributed by atoms with E-state index in [1.807, 2.05) is 31.2 Å². The van der Waals surface area contributed by atoms with Crippen molar-refractivity contribution in [2.75, 3.05) is 38.2 Å². The molecule has 130 valence electrons. The van der Waals surface area contributed by atoms with E-state index >= 15 is 0 Å². The first-order valence-electron chi connectivity index (χ1n) is 8.55. The minimum atomic E-state index is 0.838. The van der Waals surface area contributed by atoms with Gasteiger partial charge in [0.15, 0.2) is 0 Å². The third-order valence-electron chi connectivity index (χ3n) is 4.64. The van der Waals surface area contributed by atoms with E-state index < -0.39 is 0 Å². The maximum Gasteiger partial charge on any atom is 0.133 e. The summed E-state index contributed by atoms with van der Waals surface area (Å²) in [6.45, 7) is 6.66. The fraction of sp³-hybridized carbons (Fsp3) is 0.368. The van der Waals surface area contributed by atoms with Crippen molar-refractivity contribution in [3.63, 3.8) is 0 Å². The number of benzene rings is 1. The molecular weight excluding hydrogens is 316 g/mol. The van der Waals surface area contributed by atoms with Crippen LogP contribution in [0.1, 0.15) is 11.5 Å². The van der Waals surface area contributed by atoms with Crippen molar-refractivity contribution >= 4 is 16.7 Å². The molecular formula is C19H22N4O2. The second kappa shape index (κ2) is 6.72. The number of piperazine rings is 1. The van der Waals surface area contributed by atoms with Gasteiger partial charge in [0.2, 0.25) is 0 Å². The molecule has 3 heterocycles. The maximum atomic E-state index is 5.31. The average Bonchev–Trinajstić information content (AvgIpc) is 3.06. The number of ether oxygens (including phenoxy) is 1. The molecule has 0 aliphatic carbocycles. The van der Waals surface area contributed by atoms with Gasteiger partial charge >= 0.3 is 0 Å². The number of hydrogen-bond donors (Lipinski definition) is 0. The molecule has 1 aliphatic heterocycles. The number of aryl methyl sites for hydroxylation is 1. The molecule has 0 amide bonds. The van der Waals surface area contributed by atoms with Crippen molar-refractivity contribution in [1.82, 2.24) is 15.0 Å². The van der Waals surface area contributed by atoms with Crippen LogP contribution in [0.5, 0.6) is 5.75 Å². The largest absolute Gasteiger partial charge is 0.497 e. The van der Waals surface area contributed by atoms with E-state index in [1.54, 1.807) is 7.11 Å². The molecule has 1 saturated heterocycles. The molecule has 0 bridgehead atoms. The Bertz CT molecular complexity index is 869. The minimum Gasteiger partial charge on any atom is -0.497 e. The van der Waals surface area contributed by atoms with Crippen molar-refractivity contribution in [2.24, 2.45) is 0 Å². The monoisotopic (exact) mass is 338 g/mol. The van der Waals surface area contributed by atoms with E-state index in [0.717, 1.165) is 66.6 Å². The van der Waals surface area contributed by atoms with E-state index in [4.69, 9.17) is 14.2 Å². The number of pyridine rings is 1. The summed E-state index contributed by atoms with van der Waals surface area (Å²) >= 11 is 0. The van der Waals surface area contributed by atoms with Gasteiger partial charge in [-0.2, -0.15) is 0 Å². The highest BCUT2D eigenvalue weighted by atomic mass is 16.5. The van der Waals surface area contributed by atoms with Crippen molar-refractivity contribution in [3.05, 3.63) is 47.9 Å². The van der Waals surface area contributed by atoms with Gasteiger partial charge in [0.25, 0.3) is 0 Å². The highest BCUT2D eigenvalue weighted by Crippen LogP contribution is 2.23.